The average molecular weight is 254 g/mol. The van der Waals surface area contributed by atoms with Gasteiger partial charge in [-0.3, -0.25) is 4.79 Å². The Morgan fingerprint density at radius 1 is 1.53 bits per heavy atom. The van der Waals surface area contributed by atoms with E-state index in [4.69, 9.17) is 11.6 Å². The summed E-state index contributed by atoms with van der Waals surface area (Å²) in [5, 5.41) is 0. The van der Waals surface area contributed by atoms with E-state index in [1.54, 1.807) is 0 Å². The van der Waals surface area contributed by atoms with Crippen LogP contribution in [0.2, 0.25) is 0 Å². The topological polar surface area (TPSA) is 54.5 Å². The number of sulfonamides is 1. The summed E-state index contributed by atoms with van der Waals surface area (Å²) in [6, 6.07) is 0. The number of carbonyl (C=O) groups is 1. The smallest absolute Gasteiger partial charge is 0.238 e. The van der Waals surface area contributed by atoms with Gasteiger partial charge in [-0.2, -0.15) is 0 Å². The first-order chi connectivity index (χ1) is 6.88. The van der Waals surface area contributed by atoms with Gasteiger partial charge in [0.1, 0.15) is 0 Å². The Bertz CT molecular complexity index is 339. The second-order valence-electron chi connectivity index (χ2n) is 4.14. The van der Waals surface area contributed by atoms with Gasteiger partial charge < -0.3 is 0 Å². The molecule has 0 spiro atoms. The van der Waals surface area contributed by atoms with Gasteiger partial charge in [-0.15, -0.1) is 11.6 Å². The molecule has 1 unspecified atom stereocenters. The number of amides is 1. The highest BCUT2D eigenvalue weighted by molar-refractivity contribution is 7.89. The van der Waals surface area contributed by atoms with Gasteiger partial charge in [0, 0.05) is 18.8 Å². The number of halogens is 1. The van der Waals surface area contributed by atoms with E-state index in [1.165, 1.54) is 0 Å². The van der Waals surface area contributed by atoms with E-state index < -0.39 is 10.0 Å². The van der Waals surface area contributed by atoms with Gasteiger partial charge in [-0.1, -0.05) is 13.8 Å². The van der Waals surface area contributed by atoms with Crippen molar-refractivity contribution in [3.8, 4) is 0 Å². The quantitative estimate of drug-likeness (QED) is 0.704. The van der Waals surface area contributed by atoms with E-state index in [0.29, 0.717) is 18.9 Å². The molecular weight excluding hydrogens is 238 g/mol. The Balaban J connectivity index is 2.78. The minimum atomic E-state index is -3.47. The van der Waals surface area contributed by atoms with Crippen molar-refractivity contribution in [1.29, 1.82) is 0 Å². The highest BCUT2D eigenvalue weighted by Crippen LogP contribution is 2.26. The predicted octanol–water partition coefficient (Wildman–Crippen LogP) is 1.06. The fourth-order valence-corrected chi connectivity index (χ4v) is 3.43. The summed E-state index contributed by atoms with van der Waals surface area (Å²) in [5.41, 5.74) is 0. The molecule has 0 bridgehead atoms. The molecule has 0 aromatic carbocycles. The van der Waals surface area contributed by atoms with Crippen molar-refractivity contribution in [2.24, 2.45) is 11.8 Å². The third-order valence-corrected chi connectivity index (χ3v) is 4.89. The maximum atomic E-state index is 11.6. The van der Waals surface area contributed by atoms with Gasteiger partial charge in [0.2, 0.25) is 15.9 Å². The van der Waals surface area contributed by atoms with Crippen LogP contribution in [-0.4, -0.2) is 36.8 Å². The van der Waals surface area contributed by atoms with Crippen molar-refractivity contribution in [3.05, 3.63) is 0 Å². The van der Waals surface area contributed by atoms with Gasteiger partial charge in [-0.25, -0.2) is 12.7 Å². The molecule has 0 saturated carbocycles. The number of alkyl halides is 1. The Kier molecular flexibility index (Phi) is 4.00. The normalized spacial score (nSPS) is 22.8. The van der Waals surface area contributed by atoms with Crippen molar-refractivity contribution in [2.75, 3.05) is 18.2 Å². The summed E-state index contributed by atoms with van der Waals surface area (Å²) in [7, 11) is -3.47. The van der Waals surface area contributed by atoms with Crippen molar-refractivity contribution in [1.82, 2.24) is 4.31 Å². The van der Waals surface area contributed by atoms with Crippen molar-refractivity contribution >= 4 is 27.5 Å². The van der Waals surface area contributed by atoms with Gasteiger partial charge in [-0.05, 0) is 11.8 Å². The monoisotopic (exact) mass is 253 g/mol. The van der Waals surface area contributed by atoms with Crippen LogP contribution in [0.25, 0.3) is 0 Å². The van der Waals surface area contributed by atoms with Crippen LogP contribution in [0.15, 0.2) is 0 Å². The first-order valence-electron chi connectivity index (χ1n) is 4.97. The lowest BCUT2D eigenvalue weighted by Gasteiger charge is -2.17. The van der Waals surface area contributed by atoms with Crippen LogP contribution in [0, 0.1) is 11.8 Å². The van der Waals surface area contributed by atoms with Crippen molar-refractivity contribution in [3.63, 3.8) is 0 Å². The summed E-state index contributed by atoms with van der Waals surface area (Å²) in [5.74, 6) is 0.0374. The van der Waals surface area contributed by atoms with E-state index >= 15 is 0 Å². The third kappa shape index (κ3) is 2.84. The lowest BCUT2D eigenvalue weighted by atomic mass is 9.95. The molecule has 1 fully saturated rings. The minimum absolute atomic E-state index is 0.0262. The van der Waals surface area contributed by atoms with Gasteiger partial charge >= 0.3 is 0 Å². The van der Waals surface area contributed by atoms with E-state index in [2.05, 4.69) is 0 Å². The summed E-state index contributed by atoms with van der Waals surface area (Å²) in [4.78, 5) is 11.5. The van der Waals surface area contributed by atoms with Gasteiger partial charge in [0.25, 0.3) is 0 Å². The molecule has 6 heteroatoms. The van der Waals surface area contributed by atoms with E-state index in [0.717, 1.165) is 4.31 Å². The minimum Gasteiger partial charge on any atom is -0.274 e. The number of rotatable bonds is 4. The molecule has 0 aromatic heterocycles. The molecule has 1 aliphatic rings. The Morgan fingerprint density at radius 2 is 2.13 bits per heavy atom. The molecule has 0 N–H and O–H groups in total. The predicted molar refractivity (Wildman–Crippen MR) is 59.2 cm³/mol. The molecule has 0 aromatic rings. The van der Waals surface area contributed by atoms with Crippen LogP contribution < -0.4 is 0 Å². The van der Waals surface area contributed by atoms with Gasteiger partial charge in [0.05, 0.1) is 5.75 Å². The Morgan fingerprint density at radius 3 is 2.53 bits per heavy atom. The van der Waals surface area contributed by atoms with Crippen LogP contribution in [0.1, 0.15) is 20.3 Å². The summed E-state index contributed by atoms with van der Waals surface area (Å²) >= 11 is 5.39. The highest BCUT2D eigenvalue weighted by atomic mass is 35.5. The number of carbonyl (C=O) groups excluding carboxylic acids is 1. The average Bonchev–Trinajstić information content (AvgIpc) is 2.47. The van der Waals surface area contributed by atoms with Gasteiger partial charge in [0.15, 0.2) is 0 Å². The zero-order valence-electron chi connectivity index (χ0n) is 8.94. The van der Waals surface area contributed by atoms with Crippen molar-refractivity contribution in [2.45, 2.75) is 20.3 Å². The lowest BCUT2D eigenvalue weighted by molar-refractivity contribution is -0.123. The van der Waals surface area contributed by atoms with Crippen molar-refractivity contribution < 1.29 is 13.2 Å². The highest BCUT2D eigenvalue weighted by Gasteiger charge is 2.37. The maximum Gasteiger partial charge on any atom is 0.238 e. The fraction of sp³-hybridized carbons (Fsp3) is 0.889. The SMILES string of the molecule is CC(C)C1CC(=O)N(S(=O)(=O)CCCl)C1. The van der Waals surface area contributed by atoms with Crippen LogP contribution in [0.5, 0.6) is 0 Å². The van der Waals surface area contributed by atoms with Crippen LogP contribution >= 0.6 is 11.6 Å². The molecule has 1 atom stereocenters. The maximum absolute atomic E-state index is 11.6. The summed E-state index contributed by atoms with van der Waals surface area (Å²) < 4.78 is 24.3. The van der Waals surface area contributed by atoms with E-state index in [1.807, 2.05) is 13.8 Å². The third-order valence-electron chi connectivity index (χ3n) is 2.73. The molecule has 1 heterocycles. The molecule has 4 nitrogen and oxygen atoms in total. The zero-order chi connectivity index (χ0) is 11.6. The summed E-state index contributed by atoms with van der Waals surface area (Å²) in [6.07, 6.45) is 0.333. The molecule has 1 amide bonds. The standard InChI is InChI=1S/C9H16ClNO3S/c1-7(2)8-5-9(12)11(6-8)15(13,14)4-3-10/h7-8H,3-6H2,1-2H3. The molecular formula is C9H16ClNO3S. The van der Waals surface area contributed by atoms with E-state index in [-0.39, 0.29) is 23.5 Å². The molecule has 88 valence electrons. The van der Waals surface area contributed by atoms with Crippen LogP contribution in [0.4, 0.5) is 0 Å². The molecule has 0 aliphatic carbocycles. The first-order valence-corrected chi connectivity index (χ1v) is 7.12. The van der Waals surface area contributed by atoms with E-state index in [9.17, 15) is 13.2 Å². The number of hydrogen-bond acceptors (Lipinski definition) is 3. The second kappa shape index (κ2) is 4.70. The Hall–Kier alpha value is -0.290. The molecule has 1 rings (SSSR count). The molecule has 15 heavy (non-hydrogen) atoms. The zero-order valence-corrected chi connectivity index (χ0v) is 10.5. The number of nitrogens with zero attached hydrogens (tertiary/aromatic N) is 1. The van der Waals surface area contributed by atoms with Crippen LogP contribution in [-0.2, 0) is 14.8 Å². The lowest BCUT2D eigenvalue weighted by Crippen LogP contribution is -2.35. The largest absolute Gasteiger partial charge is 0.274 e. The molecule has 1 saturated heterocycles. The fourth-order valence-electron chi connectivity index (χ4n) is 1.63. The second-order valence-corrected chi connectivity index (χ2v) is 6.53. The Labute approximate surface area is 95.6 Å². The molecule has 0 radical (unpaired) electrons. The van der Waals surface area contributed by atoms with Crippen LogP contribution in [0.3, 0.4) is 0 Å². The number of hydrogen-bond donors (Lipinski definition) is 0. The molecule has 1 aliphatic heterocycles. The first kappa shape index (κ1) is 12.8. The summed E-state index contributed by atoms with van der Waals surface area (Å²) in [6.45, 7) is 4.31.